The van der Waals surface area contributed by atoms with Gasteiger partial charge in [0, 0.05) is 5.56 Å². The van der Waals surface area contributed by atoms with Crippen molar-refractivity contribution >= 4 is 0 Å². The van der Waals surface area contributed by atoms with Crippen molar-refractivity contribution in [3.63, 3.8) is 0 Å². The summed E-state index contributed by atoms with van der Waals surface area (Å²) in [7, 11) is 0. The highest BCUT2D eigenvalue weighted by atomic mass is 16.4. The molecule has 0 atom stereocenters. The molecular weight excluding hydrogens is 358 g/mol. The zero-order valence-corrected chi connectivity index (χ0v) is 18.5. The quantitative estimate of drug-likeness (QED) is 0.551. The molecule has 0 bridgehead atoms. The first kappa shape index (κ1) is 21.3. The number of hydrogen-bond donors (Lipinski definition) is 1. The number of hydrogen-bond acceptors (Lipinski definition) is 4. The average Bonchev–Trinajstić information content (AvgIpc) is 3.13. The summed E-state index contributed by atoms with van der Waals surface area (Å²) >= 11 is 0. The summed E-state index contributed by atoms with van der Waals surface area (Å²) < 4.78 is 5.97. The maximum atomic E-state index is 5.97. The lowest BCUT2D eigenvalue weighted by Crippen LogP contribution is -2.16. The SMILES string of the molecule is CC(C)(C)c1cc(-c2nnc(CNCCc3ccccc3)o2)cc(C(C)(C)C)c1. The van der Waals surface area contributed by atoms with Gasteiger partial charge in [-0.1, -0.05) is 77.9 Å². The standard InChI is InChI=1S/C25H33N3O/c1-24(2,3)20-14-19(15-21(16-20)25(4,5)6)23-28-27-22(29-23)17-26-13-12-18-10-8-7-9-11-18/h7-11,14-16,26H,12-13,17H2,1-6H3. The molecule has 0 radical (unpaired) electrons. The van der Waals surface area contributed by atoms with Crippen molar-refractivity contribution in [2.45, 2.75) is 65.3 Å². The molecule has 1 aromatic heterocycles. The van der Waals surface area contributed by atoms with Gasteiger partial charge in [0.2, 0.25) is 11.8 Å². The first-order valence-corrected chi connectivity index (χ1v) is 10.4. The first-order chi connectivity index (χ1) is 13.6. The fourth-order valence-corrected chi connectivity index (χ4v) is 3.13. The lowest BCUT2D eigenvalue weighted by Gasteiger charge is -2.25. The van der Waals surface area contributed by atoms with Gasteiger partial charge in [0.15, 0.2) is 0 Å². The van der Waals surface area contributed by atoms with Crippen LogP contribution in [0.25, 0.3) is 11.5 Å². The van der Waals surface area contributed by atoms with Crippen LogP contribution in [0, 0.1) is 0 Å². The number of rotatable bonds is 6. The lowest BCUT2D eigenvalue weighted by molar-refractivity contribution is 0.478. The summed E-state index contributed by atoms with van der Waals surface area (Å²) in [6.07, 6.45) is 0.977. The minimum atomic E-state index is 0.0534. The summed E-state index contributed by atoms with van der Waals surface area (Å²) in [4.78, 5) is 0. The predicted octanol–water partition coefficient (Wildman–Crippen LogP) is 5.66. The molecule has 29 heavy (non-hydrogen) atoms. The van der Waals surface area contributed by atoms with Gasteiger partial charge in [-0.15, -0.1) is 10.2 Å². The monoisotopic (exact) mass is 391 g/mol. The van der Waals surface area contributed by atoms with E-state index in [1.807, 2.05) is 6.07 Å². The molecular formula is C25H33N3O. The van der Waals surface area contributed by atoms with Crippen LogP contribution < -0.4 is 5.32 Å². The van der Waals surface area contributed by atoms with E-state index in [1.54, 1.807) is 0 Å². The van der Waals surface area contributed by atoms with Crippen LogP contribution in [0.3, 0.4) is 0 Å². The van der Waals surface area contributed by atoms with E-state index in [1.165, 1.54) is 16.7 Å². The van der Waals surface area contributed by atoms with Crippen molar-refractivity contribution in [1.82, 2.24) is 15.5 Å². The fraction of sp³-hybridized carbons (Fsp3) is 0.440. The van der Waals surface area contributed by atoms with E-state index in [0.717, 1.165) is 18.5 Å². The topological polar surface area (TPSA) is 51.0 Å². The molecule has 0 aliphatic carbocycles. The molecule has 0 amide bonds. The van der Waals surface area contributed by atoms with E-state index in [9.17, 15) is 0 Å². The molecule has 1 N–H and O–H groups in total. The van der Waals surface area contributed by atoms with Crippen molar-refractivity contribution in [2.24, 2.45) is 0 Å². The van der Waals surface area contributed by atoms with Gasteiger partial charge in [-0.2, -0.15) is 0 Å². The van der Waals surface area contributed by atoms with Gasteiger partial charge >= 0.3 is 0 Å². The Morgan fingerprint density at radius 2 is 1.45 bits per heavy atom. The molecule has 0 fully saturated rings. The average molecular weight is 392 g/mol. The van der Waals surface area contributed by atoms with Gasteiger partial charge in [0.1, 0.15) is 0 Å². The molecule has 0 spiro atoms. The first-order valence-electron chi connectivity index (χ1n) is 10.4. The Labute approximate surface area is 174 Å². The molecule has 1 heterocycles. The molecule has 0 aliphatic heterocycles. The summed E-state index contributed by atoms with van der Waals surface area (Å²) in [6.45, 7) is 14.8. The molecule has 3 aromatic rings. The van der Waals surface area contributed by atoms with Gasteiger partial charge in [0.05, 0.1) is 6.54 Å². The van der Waals surface area contributed by atoms with E-state index < -0.39 is 0 Å². The number of nitrogens with one attached hydrogen (secondary N) is 1. The maximum absolute atomic E-state index is 5.97. The summed E-state index contributed by atoms with van der Waals surface area (Å²) in [5.41, 5.74) is 4.97. The zero-order valence-electron chi connectivity index (χ0n) is 18.5. The van der Waals surface area contributed by atoms with E-state index in [-0.39, 0.29) is 10.8 Å². The van der Waals surface area contributed by atoms with Crippen LogP contribution in [0.1, 0.15) is 64.1 Å². The highest BCUT2D eigenvalue weighted by Gasteiger charge is 2.22. The summed E-state index contributed by atoms with van der Waals surface area (Å²) in [6, 6.07) is 17.1. The minimum absolute atomic E-state index is 0.0534. The van der Waals surface area contributed by atoms with Crippen molar-refractivity contribution in [3.05, 3.63) is 71.1 Å². The summed E-state index contributed by atoms with van der Waals surface area (Å²) in [5, 5.41) is 11.9. The van der Waals surface area contributed by atoms with Gasteiger partial charge in [0.25, 0.3) is 0 Å². The Kier molecular flexibility index (Phi) is 6.23. The number of aromatic nitrogens is 2. The maximum Gasteiger partial charge on any atom is 0.247 e. The smallest absolute Gasteiger partial charge is 0.247 e. The number of nitrogens with zero attached hydrogens (tertiary/aromatic N) is 2. The van der Waals surface area contributed by atoms with Gasteiger partial charge < -0.3 is 9.73 Å². The highest BCUT2D eigenvalue weighted by Crippen LogP contribution is 2.33. The predicted molar refractivity (Wildman–Crippen MR) is 119 cm³/mol. The minimum Gasteiger partial charge on any atom is -0.419 e. The van der Waals surface area contributed by atoms with E-state index >= 15 is 0 Å². The molecule has 2 aromatic carbocycles. The van der Waals surface area contributed by atoms with Crippen molar-refractivity contribution in [1.29, 1.82) is 0 Å². The van der Waals surface area contributed by atoms with Crippen molar-refractivity contribution in [2.75, 3.05) is 6.54 Å². The zero-order chi connectivity index (χ0) is 21.1. The largest absolute Gasteiger partial charge is 0.419 e. The normalized spacial score (nSPS) is 12.3. The molecule has 154 valence electrons. The third-order valence-corrected chi connectivity index (χ3v) is 5.09. The van der Waals surface area contributed by atoms with Crippen molar-refractivity contribution in [3.8, 4) is 11.5 Å². The second kappa shape index (κ2) is 8.50. The van der Waals surface area contributed by atoms with E-state index in [2.05, 4.69) is 99.5 Å². The third kappa shape index (κ3) is 5.77. The van der Waals surface area contributed by atoms with Crippen LogP contribution in [-0.2, 0) is 23.8 Å². The molecule has 0 unspecified atom stereocenters. The van der Waals surface area contributed by atoms with Gasteiger partial charge in [-0.3, -0.25) is 0 Å². The van der Waals surface area contributed by atoms with Crippen molar-refractivity contribution < 1.29 is 4.42 Å². The van der Waals surface area contributed by atoms with Crippen LogP contribution in [0.4, 0.5) is 0 Å². The Hall–Kier alpha value is -2.46. The molecule has 0 saturated heterocycles. The molecule has 3 rings (SSSR count). The van der Waals surface area contributed by atoms with E-state index in [4.69, 9.17) is 4.42 Å². The molecule has 0 saturated carbocycles. The third-order valence-electron chi connectivity index (χ3n) is 5.09. The molecule has 4 nitrogen and oxygen atoms in total. The fourth-order valence-electron chi connectivity index (χ4n) is 3.13. The second-order valence-electron chi connectivity index (χ2n) is 9.71. The Morgan fingerprint density at radius 1 is 0.828 bits per heavy atom. The van der Waals surface area contributed by atoms with Crippen LogP contribution in [0.2, 0.25) is 0 Å². The Bertz CT molecular complexity index is 898. The highest BCUT2D eigenvalue weighted by molar-refractivity contribution is 5.57. The number of benzene rings is 2. The molecule has 0 aliphatic rings. The van der Waals surface area contributed by atoms with Gasteiger partial charge in [-0.25, -0.2) is 0 Å². The second-order valence-corrected chi connectivity index (χ2v) is 9.71. The van der Waals surface area contributed by atoms with Crippen LogP contribution in [0.15, 0.2) is 52.9 Å². The Balaban J connectivity index is 1.72. The lowest BCUT2D eigenvalue weighted by atomic mass is 9.79. The van der Waals surface area contributed by atoms with Crippen LogP contribution in [-0.4, -0.2) is 16.7 Å². The molecule has 4 heteroatoms. The van der Waals surface area contributed by atoms with Crippen LogP contribution in [0.5, 0.6) is 0 Å². The van der Waals surface area contributed by atoms with Crippen LogP contribution >= 0.6 is 0 Å². The van der Waals surface area contributed by atoms with E-state index in [0.29, 0.717) is 18.3 Å². The Morgan fingerprint density at radius 3 is 2.03 bits per heavy atom. The van der Waals surface area contributed by atoms with Gasteiger partial charge in [-0.05, 0) is 52.6 Å². The summed E-state index contributed by atoms with van der Waals surface area (Å²) in [5.74, 6) is 1.20.